The highest BCUT2D eigenvalue weighted by molar-refractivity contribution is 9.10. The van der Waals surface area contributed by atoms with Gasteiger partial charge in [-0.2, -0.15) is 0 Å². The Bertz CT molecular complexity index is 492. The second-order valence-corrected chi connectivity index (χ2v) is 5.58. The van der Waals surface area contributed by atoms with Crippen LogP contribution >= 0.6 is 27.3 Å². The molecule has 0 spiro atoms. The fraction of sp³-hybridized carbons (Fsp3) is 0.250. The summed E-state index contributed by atoms with van der Waals surface area (Å²) in [6.45, 7) is 2.06. The molecule has 0 saturated carbocycles. The molecule has 0 aromatic carbocycles. The molecule has 0 fully saturated rings. The van der Waals surface area contributed by atoms with Gasteiger partial charge in [-0.3, -0.25) is 4.79 Å². The van der Waals surface area contributed by atoms with Crippen LogP contribution in [-0.2, 0) is 0 Å². The lowest BCUT2D eigenvalue weighted by molar-refractivity contribution is 0.0932. The van der Waals surface area contributed by atoms with E-state index in [9.17, 15) is 4.79 Å². The van der Waals surface area contributed by atoms with Gasteiger partial charge in [0, 0.05) is 15.5 Å². The molecule has 0 radical (unpaired) electrons. The van der Waals surface area contributed by atoms with E-state index in [1.54, 1.807) is 23.6 Å². The van der Waals surface area contributed by atoms with Crippen LogP contribution in [0.4, 0.5) is 0 Å². The predicted molar refractivity (Wildman–Crippen MR) is 73.3 cm³/mol. The summed E-state index contributed by atoms with van der Waals surface area (Å²) >= 11 is 4.98. The second-order valence-electron chi connectivity index (χ2n) is 3.68. The van der Waals surface area contributed by atoms with Crippen molar-refractivity contribution in [1.29, 1.82) is 0 Å². The Kier molecular flexibility index (Phi) is 4.02. The number of aromatic amines is 1. The third-order valence-electron chi connectivity index (χ3n) is 2.49. The first-order chi connectivity index (χ1) is 8.20. The molecule has 2 heterocycles. The maximum absolute atomic E-state index is 12.0. The normalized spacial score (nSPS) is 12.4. The lowest BCUT2D eigenvalue weighted by Crippen LogP contribution is -2.27. The number of thiophene rings is 1. The van der Waals surface area contributed by atoms with Crippen LogP contribution in [0.5, 0.6) is 0 Å². The molecule has 2 aromatic heterocycles. The summed E-state index contributed by atoms with van der Waals surface area (Å²) in [6.07, 6.45) is 2.63. The average molecular weight is 313 g/mol. The molecule has 0 bridgehead atoms. The molecule has 90 valence electrons. The summed E-state index contributed by atoms with van der Waals surface area (Å²) in [5.41, 5.74) is 0.576. The SMILES string of the molecule is CCC(NC(=O)c1cc(Br)c[nH]1)c1cccs1. The largest absolute Gasteiger partial charge is 0.356 e. The Balaban J connectivity index is 2.07. The molecular formula is C12H13BrN2OS. The molecular weight excluding hydrogens is 300 g/mol. The first-order valence-corrected chi connectivity index (χ1v) is 7.06. The van der Waals surface area contributed by atoms with Crippen molar-refractivity contribution in [2.75, 3.05) is 0 Å². The molecule has 0 aliphatic carbocycles. The fourth-order valence-corrected chi connectivity index (χ4v) is 2.80. The highest BCUT2D eigenvalue weighted by Gasteiger charge is 2.15. The molecule has 0 aliphatic heterocycles. The molecule has 2 N–H and O–H groups in total. The van der Waals surface area contributed by atoms with Gasteiger partial charge in [-0.1, -0.05) is 13.0 Å². The fourth-order valence-electron chi connectivity index (χ4n) is 1.60. The minimum Gasteiger partial charge on any atom is -0.356 e. The maximum atomic E-state index is 12.0. The lowest BCUT2D eigenvalue weighted by Gasteiger charge is -2.14. The molecule has 1 amide bonds. The van der Waals surface area contributed by atoms with E-state index < -0.39 is 0 Å². The zero-order valence-corrected chi connectivity index (χ0v) is 11.8. The van der Waals surface area contributed by atoms with Gasteiger partial charge in [0.1, 0.15) is 5.69 Å². The van der Waals surface area contributed by atoms with Crippen LogP contribution < -0.4 is 5.32 Å². The van der Waals surface area contributed by atoms with Crippen LogP contribution in [0.15, 0.2) is 34.2 Å². The van der Waals surface area contributed by atoms with Crippen LogP contribution in [0.1, 0.15) is 34.8 Å². The number of halogens is 1. The van der Waals surface area contributed by atoms with Gasteiger partial charge < -0.3 is 10.3 Å². The lowest BCUT2D eigenvalue weighted by atomic mass is 10.2. The van der Waals surface area contributed by atoms with Crippen molar-refractivity contribution in [3.8, 4) is 0 Å². The predicted octanol–water partition coefficient (Wildman–Crippen LogP) is 3.72. The maximum Gasteiger partial charge on any atom is 0.268 e. The van der Waals surface area contributed by atoms with Crippen LogP contribution in [0.3, 0.4) is 0 Å². The van der Waals surface area contributed by atoms with Gasteiger partial charge in [-0.25, -0.2) is 0 Å². The Morgan fingerprint density at radius 1 is 1.65 bits per heavy atom. The van der Waals surface area contributed by atoms with E-state index in [-0.39, 0.29) is 11.9 Å². The quantitative estimate of drug-likeness (QED) is 0.888. The second kappa shape index (κ2) is 5.51. The third kappa shape index (κ3) is 2.98. The van der Waals surface area contributed by atoms with E-state index in [1.807, 2.05) is 17.5 Å². The Labute approximate surface area is 112 Å². The third-order valence-corrected chi connectivity index (χ3v) is 3.94. The number of nitrogens with one attached hydrogen (secondary N) is 2. The summed E-state index contributed by atoms with van der Waals surface area (Å²) in [5, 5.41) is 5.04. The highest BCUT2D eigenvalue weighted by Crippen LogP contribution is 2.22. The molecule has 1 atom stereocenters. The van der Waals surface area contributed by atoms with Crippen molar-refractivity contribution < 1.29 is 4.79 Å². The first-order valence-electron chi connectivity index (χ1n) is 5.39. The molecule has 3 nitrogen and oxygen atoms in total. The van der Waals surface area contributed by atoms with Gasteiger partial charge in [0.05, 0.1) is 6.04 Å². The molecule has 5 heteroatoms. The van der Waals surface area contributed by atoms with Crippen LogP contribution in [0, 0.1) is 0 Å². The first kappa shape index (κ1) is 12.4. The molecule has 0 saturated heterocycles. The standard InChI is InChI=1S/C12H13BrN2OS/c1-2-9(11-4-3-5-17-11)15-12(16)10-6-8(13)7-14-10/h3-7,9,14H,2H2,1H3,(H,15,16). The van der Waals surface area contributed by atoms with E-state index in [0.717, 1.165) is 10.9 Å². The van der Waals surface area contributed by atoms with Crippen molar-refractivity contribution in [3.63, 3.8) is 0 Å². The molecule has 2 aromatic rings. The van der Waals surface area contributed by atoms with Gasteiger partial charge in [-0.15, -0.1) is 11.3 Å². The minimum atomic E-state index is -0.0732. The Morgan fingerprint density at radius 3 is 3.00 bits per heavy atom. The van der Waals surface area contributed by atoms with Crippen LogP contribution in [0.2, 0.25) is 0 Å². The number of aromatic nitrogens is 1. The summed E-state index contributed by atoms with van der Waals surface area (Å²) in [5.74, 6) is -0.0732. The number of rotatable bonds is 4. The smallest absolute Gasteiger partial charge is 0.268 e. The summed E-state index contributed by atoms with van der Waals surface area (Å²) in [7, 11) is 0. The topological polar surface area (TPSA) is 44.9 Å². The van der Waals surface area contributed by atoms with Gasteiger partial charge >= 0.3 is 0 Å². The van der Waals surface area contributed by atoms with Crippen LogP contribution in [0.25, 0.3) is 0 Å². The van der Waals surface area contributed by atoms with Crippen molar-refractivity contribution in [2.24, 2.45) is 0 Å². The number of carbonyl (C=O) groups excluding carboxylic acids is 1. The van der Waals surface area contributed by atoms with Crippen LogP contribution in [-0.4, -0.2) is 10.9 Å². The van der Waals surface area contributed by atoms with Crippen molar-refractivity contribution >= 4 is 33.2 Å². The minimum absolute atomic E-state index is 0.0732. The number of carbonyl (C=O) groups is 1. The summed E-state index contributed by atoms with van der Waals surface area (Å²) in [4.78, 5) is 16.1. The van der Waals surface area contributed by atoms with Gasteiger partial charge in [-0.05, 0) is 39.9 Å². The van der Waals surface area contributed by atoms with Crippen molar-refractivity contribution in [2.45, 2.75) is 19.4 Å². The Morgan fingerprint density at radius 2 is 2.47 bits per heavy atom. The molecule has 0 aliphatic rings. The Hall–Kier alpha value is -1.07. The van der Waals surface area contributed by atoms with E-state index in [0.29, 0.717) is 5.69 Å². The summed E-state index contributed by atoms with van der Waals surface area (Å²) < 4.78 is 0.881. The molecule has 2 rings (SSSR count). The number of H-pyrrole nitrogens is 1. The number of hydrogen-bond acceptors (Lipinski definition) is 2. The molecule has 17 heavy (non-hydrogen) atoms. The van der Waals surface area contributed by atoms with E-state index in [2.05, 4.69) is 33.2 Å². The van der Waals surface area contributed by atoms with E-state index in [4.69, 9.17) is 0 Å². The average Bonchev–Trinajstić information content (AvgIpc) is 2.96. The van der Waals surface area contributed by atoms with E-state index in [1.165, 1.54) is 4.88 Å². The van der Waals surface area contributed by atoms with Gasteiger partial charge in [0.15, 0.2) is 0 Å². The summed E-state index contributed by atoms with van der Waals surface area (Å²) in [6, 6.07) is 5.91. The molecule has 1 unspecified atom stereocenters. The van der Waals surface area contributed by atoms with Gasteiger partial charge in [0.2, 0.25) is 0 Å². The number of amides is 1. The highest BCUT2D eigenvalue weighted by atomic mass is 79.9. The van der Waals surface area contributed by atoms with Crippen molar-refractivity contribution in [1.82, 2.24) is 10.3 Å². The van der Waals surface area contributed by atoms with Gasteiger partial charge in [0.25, 0.3) is 5.91 Å². The van der Waals surface area contributed by atoms with E-state index >= 15 is 0 Å². The zero-order chi connectivity index (χ0) is 12.3. The monoisotopic (exact) mass is 312 g/mol. The number of hydrogen-bond donors (Lipinski definition) is 2. The van der Waals surface area contributed by atoms with Crippen molar-refractivity contribution in [3.05, 3.63) is 44.8 Å². The zero-order valence-electron chi connectivity index (χ0n) is 9.37.